The number of rotatable bonds is 3. The Morgan fingerprint density at radius 1 is 0.903 bits per heavy atom. The Morgan fingerprint density at radius 3 is 1.90 bits per heavy atom. The lowest BCUT2D eigenvalue weighted by atomic mass is 9.66. The molecule has 2 nitrogen and oxygen atoms in total. The molecule has 0 aromatic heterocycles. The van der Waals surface area contributed by atoms with Gasteiger partial charge in [0.25, 0.3) is 0 Å². The van der Waals surface area contributed by atoms with Crippen molar-refractivity contribution in [1.29, 1.82) is 0 Å². The zero-order valence-corrected chi connectivity index (χ0v) is 20.5. The van der Waals surface area contributed by atoms with Crippen molar-refractivity contribution in [2.45, 2.75) is 88.5 Å². The van der Waals surface area contributed by atoms with Crippen LogP contribution in [0.5, 0.6) is 0 Å². The molecule has 0 N–H and O–H groups in total. The van der Waals surface area contributed by atoms with E-state index in [4.69, 9.17) is 4.74 Å². The first-order valence-corrected chi connectivity index (χ1v) is 14.2. The Morgan fingerprint density at radius 2 is 1.42 bits per heavy atom. The zero-order chi connectivity index (χ0) is 21.9. The summed E-state index contributed by atoms with van der Waals surface area (Å²) < 4.78 is 6.96. The summed E-state index contributed by atoms with van der Waals surface area (Å²) in [7, 11) is -2.37. The number of hydrogen-bond donors (Lipinski definition) is 0. The first kappa shape index (κ1) is 21.1. The molecule has 2 heterocycles. The largest absolute Gasteiger partial charge is 0.371 e. The Balaban J connectivity index is 1.81. The fourth-order valence-corrected chi connectivity index (χ4v) is 15.1. The van der Waals surface area contributed by atoms with Gasteiger partial charge < -0.3 is 4.74 Å². The lowest BCUT2D eigenvalue weighted by molar-refractivity contribution is -0.174. The minimum Gasteiger partial charge on any atom is -0.371 e. The SMILES string of the molecule is CC(C)(C)[Si](c1ccccc1)(c1ccccc1)[C@H]1C[C@@H]2CC(=O)C3(CCCC3)[C@@]1(C)O2. The van der Waals surface area contributed by atoms with Gasteiger partial charge in [0.1, 0.15) is 13.9 Å². The van der Waals surface area contributed by atoms with Crippen LogP contribution in [0.2, 0.25) is 10.6 Å². The summed E-state index contributed by atoms with van der Waals surface area (Å²) in [6.07, 6.45) is 6.02. The summed E-state index contributed by atoms with van der Waals surface area (Å²) >= 11 is 0. The monoisotopic (exact) mass is 432 g/mol. The van der Waals surface area contributed by atoms with Crippen LogP contribution in [-0.4, -0.2) is 25.6 Å². The van der Waals surface area contributed by atoms with E-state index in [0.717, 1.165) is 32.1 Å². The molecule has 31 heavy (non-hydrogen) atoms. The Kier molecular flexibility index (Phi) is 4.88. The summed E-state index contributed by atoms with van der Waals surface area (Å²) in [5, 5.41) is 3.04. The molecule has 2 aliphatic heterocycles. The van der Waals surface area contributed by atoms with E-state index >= 15 is 0 Å². The van der Waals surface area contributed by atoms with E-state index in [9.17, 15) is 4.79 Å². The number of ether oxygens (including phenoxy) is 1. The Hall–Kier alpha value is -1.71. The highest BCUT2D eigenvalue weighted by molar-refractivity contribution is 7.05. The first-order valence-electron chi connectivity index (χ1n) is 12.1. The summed E-state index contributed by atoms with van der Waals surface area (Å²) in [4.78, 5) is 13.6. The average Bonchev–Trinajstić information content (AvgIpc) is 3.34. The number of hydrogen-bond acceptors (Lipinski definition) is 2. The lowest BCUT2D eigenvalue weighted by Gasteiger charge is -2.56. The molecule has 3 heteroatoms. The molecular formula is C28H36O2Si. The number of ketones is 1. The van der Waals surface area contributed by atoms with Crippen LogP contribution in [0.1, 0.15) is 66.2 Å². The number of benzene rings is 2. The van der Waals surface area contributed by atoms with Gasteiger partial charge in [-0.1, -0.05) is 105 Å². The van der Waals surface area contributed by atoms with Gasteiger partial charge in [0.15, 0.2) is 0 Å². The number of Topliss-reactive ketones (excluding diaryl/α,β-unsaturated/α-hetero) is 1. The highest BCUT2D eigenvalue weighted by Gasteiger charge is 2.72. The molecule has 1 saturated carbocycles. The highest BCUT2D eigenvalue weighted by Crippen LogP contribution is 2.66. The van der Waals surface area contributed by atoms with Crippen LogP contribution in [0.15, 0.2) is 60.7 Å². The number of carbonyl (C=O) groups is 1. The van der Waals surface area contributed by atoms with Crippen molar-refractivity contribution in [2.24, 2.45) is 5.41 Å². The second kappa shape index (κ2) is 7.15. The van der Waals surface area contributed by atoms with E-state index in [1.807, 2.05) is 0 Å². The Labute approximate surface area is 188 Å². The highest BCUT2D eigenvalue weighted by atomic mass is 28.3. The van der Waals surface area contributed by atoms with Crippen molar-refractivity contribution < 1.29 is 9.53 Å². The summed E-state index contributed by atoms with van der Waals surface area (Å²) in [5.41, 5.74) is -0.300. The van der Waals surface area contributed by atoms with Crippen LogP contribution >= 0.6 is 0 Å². The van der Waals surface area contributed by atoms with E-state index in [0.29, 0.717) is 17.7 Å². The molecule has 1 aliphatic carbocycles. The predicted octanol–water partition coefficient (Wildman–Crippen LogP) is 5.50. The van der Waals surface area contributed by atoms with Gasteiger partial charge in [0.05, 0.1) is 17.1 Å². The number of fused-ring (bicyclic) bond motifs is 3. The smallest absolute Gasteiger partial charge is 0.144 e. The molecule has 0 radical (unpaired) electrons. The van der Waals surface area contributed by atoms with Crippen molar-refractivity contribution in [3.8, 4) is 0 Å². The topological polar surface area (TPSA) is 26.3 Å². The zero-order valence-electron chi connectivity index (χ0n) is 19.5. The third kappa shape index (κ3) is 2.75. The van der Waals surface area contributed by atoms with Gasteiger partial charge in [-0.2, -0.15) is 0 Å². The van der Waals surface area contributed by atoms with Crippen LogP contribution in [0.25, 0.3) is 0 Å². The van der Waals surface area contributed by atoms with Crippen molar-refractivity contribution in [1.82, 2.24) is 0 Å². The second-order valence-electron chi connectivity index (χ2n) is 11.3. The average molecular weight is 433 g/mol. The fourth-order valence-electron chi connectivity index (χ4n) is 7.92. The van der Waals surface area contributed by atoms with Gasteiger partial charge >= 0.3 is 0 Å². The van der Waals surface area contributed by atoms with Crippen LogP contribution in [0.4, 0.5) is 0 Å². The van der Waals surface area contributed by atoms with E-state index < -0.39 is 8.07 Å². The lowest BCUT2D eigenvalue weighted by Crippen LogP contribution is -2.72. The van der Waals surface area contributed by atoms with Crippen LogP contribution < -0.4 is 10.4 Å². The maximum absolute atomic E-state index is 13.6. The van der Waals surface area contributed by atoms with E-state index in [1.54, 1.807) is 0 Å². The van der Waals surface area contributed by atoms with E-state index in [-0.39, 0.29) is 22.2 Å². The molecule has 2 bridgehead atoms. The van der Waals surface area contributed by atoms with Gasteiger partial charge in [0.2, 0.25) is 0 Å². The minimum absolute atomic E-state index is 0.0765. The third-order valence-electron chi connectivity index (χ3n) is 9.09. The van der Waals surface area contributed by atoms with Crippen LogP contribution in [0, 0.1) is 5.41 Å². The van der Waals surface area contributed by atoms with Crippen LogP contribution in [0.3, 0.4) is 0 Å². The predicted molar refractivity (Wildman–Crippen MR) is 130 cm³/mol. The molecule has 5 rings (SSSR count). The van der Waals surface area contributed by atoms with Gasteiger partial charge in [-0.3, -0.25) is 4.79 Å². The van der Waals surface area contributed by atoms with Crippen molar-refractivity contribution >= 4 is 24.2 Å². The van der Waals surface area contributed by atoms with Crippen molar-refractivity contribution in [3.05, 3.63) is 60.7 Å². The maximum Gasteiger partial charge on any atom is 0.144 e. The molecule has 2 saturated heterocycles. The molecule has 0 unspecified atom stereocenters. The summed E-state index contributed by atoms with van der Waals surface area (Å²) in [5.74, 6) is 0.490. The molecular weight excluding hydrogens is 396 g/mol. The molecule has 164 valence electrons. The Bertz CT molecular complexity index is 916. The molecule has 1 spiro atoms. The van der Waals surface area contributed by atoms with Crippen molar-refractivity contribution in [3.63, 3.8) is 0 Å². The summed E-state index contributed by atoms with van der Waals surface area (Å²) in [6.45, 7) is 9.65. The van der Waals surface area contributed by atoms with Gasteiger partial charge in [0, 0.05) is 6.42 Å². The van der Waals surface area contributed by atoms with Gasteiger partial charge in [-0.25, -0.2) is 0 Å². The minimum atomic E-state index is -2.37. The summed E-state index contributed by atoms with van der Waals surface area (Å²) in [6, 6.07) is 22.5. The van der Waals surface area contributed by atoms with E-state index in [1.165, 1.54) is 10.4 Å². The quantitative estimate of drug-likeness (QED) is 0.599. The third-order valence-corrected chi connectivity index (χ3v) is 15.8. The molecule has 3 aliphatic rings. The molecule has 2 aromatic rings. The fraction of sp³-hybridized carbons (Fsp3) is 0.536. The standard InChI is InChI=1S/C28H36O2Si/c1-26(2,3)31(22-13-7-5-8-14-22,23-15-9-6-10-16-23)25-20-21-19-24(29)28(17-11-12-18-28)27(25,4)30-21/h5-10,13-16,21,25H,11-12,17-20H2,1-4H3/t21-,25-,27-/m0/s1. The number of carbonyl (C=O) groups excluding carboxylic acids is 1. The second-order valence-corrected chi connectivity index (χ2v) is 16.3. The van der Waals surface area contributed by atoms with Gasteiger partial charge in [-0.15, -0.1) is 0 Å². The normalized spacial score (nSPS) is 30.1. The maximum atomic E-state index is 13.6. The molecule has 3 atom stereocenters. The van der Waals surface area contributed by atoms with Crippen LogP contribution in [-0.2, 0) is 9.53 Å². The van der Waals surface area contributed by atoms with Gasteiger partial charge in [-0.05, 0) is 36.8 Å². The first-order chi connectivity index (χ1) is 14.8. The molecule has 2 aromatic carbocycles. The molecule has 0 amide bonds. The van der Waals surface area contributed by atoms with Crippen molar-refractivity contribution in [2.75, 3.05) is 0 Å². The van der Waals surface area contributed by atoms with E-state index in [2.05, 4.69) is 88.4 Å². The molecule has 3 fully saturated rings.